The number of nitrogens with zero attached hydrogens (tertiary/aromatic N) is 4. The molecule has 2 heterocycles. The van der Waals surface area contributed by atoms with Crippen molar-refractivity contribution in [3.05, 3.63) is 66.0 Å². The van der Waals surface area contributed by atoms with Crippen LogP contribution in [-0.2, 0) is 6.54 Å². The largest absolute Gasteiger partial charge is 0.496 e. The summed E-state index contributed by atoms with van der Waals surface area (Å²) in [5, 5.41) is 18.8. The second-order valence-corrected chi connectivity index (χ2v) is 6.72. The SMILES string of the molecule is [11CH3]Oc1ccc(-n2cnnn2)cc1CN[C@H]1CCCN[C@H]1c1ccccc1. The van der Waals surface area contributed by atoms with Crippen LogP contribution < -0.4 is 15.4 Å². The van der Waals surface area contributed by atoms with Crippen LogP contribution in [-0.4, -0.2) is 39.9 Å². The number of aromatic nitrogens is 4. The first-order valence-electron chi connectivity index (χ1n) is 9.27. The Bertz CT molecular complexity index is 852. The van der Waals surface area contributed by atoms with Gasteiger partial charge in [-0.05, 0) is 53.6 Å². The van der Waals surface area contributed by atoms with Gasteiger partial charge in [0.25, 0.3) is 0 Å². The lowest BCUT2D eigenvalue weighted by Crippen LogP contribution is -2.45. The molecule has 1 fully saturated rings. The molecule has 0 aliphatic carbocycles. The summed E-state index contributed by atoms with van der Waals surface area (Å²) in [6, 6.07) is 17.3. The highest BCUT2D eigenvalue weighted by molar-refractivity contribution is 5.43. The Morgan fingerprint density at radius 2 is 2.11 bits per heavy atom. The summed E-state index contributed by atoms with van der Waals surface area (Å²) in [6.45, 7) is 1.77. The molecule has 3 aromatic rings. The van der Waals surface area contributed by atoms with E-state index in [1.54, 1.807) is 18.1 Å². The number of tetrazole rings is 1. The van der Waals surface area contributed by atoms with Gasteiger partial charge in [-0.3, -0.25) is 0 Å². The van der Waals surface area contributed by atoms with E-state index in [-0.39, 0.29) is 0 Å². The van der Waals surface area contributed by atoms with Crippen LogP contribution in [0, 0.1) is 0 Å². The predicted octanol–water partition coefficient (Wildman–Crippen LogP) is 2.25. The number of hydrogen-bond donors (Lipinski definition) is 2. The molecule has 2 atom stereocenters. The van der Waals surface area contributed by atoms with Gasteiger partial charge in [0, 0.05) is 24.2 Å². The van der Waals surface area contributed by atoms with E-state index >= 15 is 0 Å². The van der Waals surface area contributed by atoms with E-state index in [4.69, 9.17) is 4.74 Å². The predicted molar refractivity (Wildman–Crippen MR) is 103 cm³/mol. The van der Waals surface area contributed by atoms with E-state index in [0.717, 1.165) is 36.5 Å². The Labute approximate surface area is 158 Å². The van der Waals surface area contributed by atoms with E-state index in [2.05, 4.69) is 62.6 Å². The van der Waals surface area contributed by atoms with Gasteiger partial charge in [0.15, 0.2) is 0 Å². The van der Waals surface area contributed by atoms with Crippen molar-refractivity contribution in [2.24, 2.45) is 0 Å². The second-order valence-electron chi connectivity index (χ2n) is 6.72. The maximum Gasteiger partial charge on any atom is 0.143 e. The van der Waals surface area contributed by atoms with Crippen LogP contribution >= 0.6 is 0 Å². The van der Waals surface area contributed by atoms with Gasteiger partial charge in [-0.2, -0.15) is 0 Å². The molecule has 0 unspecified atom stereocenters. The van der Waals surface area contributed by atoms with Crippen LogP contribution in [0.25, 0.3) is 5.69 Å². The first-order chi connectivity index (χ1) is 13.3. The molecule has 0 amide bonds. The van der Waals surface area contributed by atoms with Crippen LogP contribution in [0.1, 0.15) is 30.0 Å². The van der Waals surface area contributed by atoms with Crippen molar-refractivity contribution in [1.29, 1.82) is 0 Å². The van der Waals surface area contributed by atoms with E-state index in [9.17, 15) is 0 Å². The van der Waals surface area contributed by atoms with Crippen LogP contribution in [0.4, 0.5) is 0 Å². The lowest BCUT2D eigenvalue weighted by atomic mass is 9.92. The zero-order valence-electron chi connectivity index (χ0n) is 15.4. The van der Waals surface area contributed by atoms with E-state index < -0.39 is 0 Å². The maximum absolute atomic E-state index is 5.55. The maximum atomic E-state index is 5.55. The number of piperidine rings is 1. The molecule has 0 bridgehead atoms. The highest BCUT2D eigenvalue weighted by atomic mass is 16.4. The Balaban J connectivity index is 1.52. The molecule has 1 saturated heterocycles. The van der Waals surface area contributed by atoms with Crippen LogP contribution in [0.3, 0.4) is 0 Å². The van der Waals surface area contributed by atoms with Crippen molar-refractivity contribution in [3.63, 3.8) is 0 Å². The van der Waals surface area contributed by atoms with Gasteiger partial charge in [0.05, 0.1) is 12.8 Å². The zero-order valence-corrected chi connectivity index (χ0v) is 15.4. The highest BCUT2D eigenvalue weighted by Gasteiger charge is 2.25. The van der Waals surface area contributed by atoms with Gasteiger partial charge < -0.3 is 15.4 Å². The summed E-state index contributed by atoms with van der Waals surface area (Å²) >= 11 is 0. The fourth-order valence-corrected chi connectivity index (χ4v) is 3.69. The molecule has 4 rings (SSSR count). The summed E-state index contributed by atoms with van der Waals surface area (Å²) in [6.07, 6.45) is 3.90. The molecule has 27 heavy (non-hydrogen) atoms. The van der Waals surface area contributed by atoms with Crippen molar-refractivity contribution in [2.75, 3.05) is 13.7 Å². The summed E-state index contributed by atoms with van der Waals surface area (Å²) in [4.78, 5) is 0. The topological polar surface area (TPSA) is 76.9 Å². The fourth-order valence-electron chi connectivity index (χ4n) is 3.69. The highest BCUT2D eigenvalue weighted by Crippen LogP contribution is 2.26. The third-order valence-corrected chi connectivity index (χ3v) is 5.05. The first-order valence-corrected chi connectivity index (χ1v) is 9.27. The normalized spacial score (nSPS) is 19.7. The van der Waals surface area contributed by atoms with E-state index in [1.165, 1.54) is 12.0 Å². The molecule has 140 valence electrons. The molecule has 7 heteroatoms. The Kier molecular flexibility index (Phi) is 5.41. The van der Waals surface area contributed by atoms with Gasteiger partial charge in [0.1, 0.15) is 12.1 Å². The van der Waals surface area contributed by atoms with Gasteiger partial charge in [-0.1, -0.05) is 30.3 Å². The summed E-state index contributed by atoms with van der Waals surface area (Å²) < 4.78 is 7.20. The molecule has 0 radical (unpaired) electrons. The first kappa shape index (κ1) is 17.6. The monoisotopic (exact) mass is 363 g/mol. The minimum absolute atomic E-state index is 0.314. The third kappa shape index (κ3) is 3.99. The quantitative estimate of drug-likeness (QED) is 0.700. The standard InChI is InChI=1S/C20H24N6O/c1-27-19-10-9-17(26-14-23-24-25-26)12-16(19)13-22-18-8-5-11-21-20(18)15-6-3-2-4-7-15/h2-4,6-7,9-10,12,14,18,20-22H,5,8,11,13H2,1H3/t18-,20-/m0/s1/i1-1. The smallest absolute Gasteiger partial charge is 0.143 e. The zero-order chi connectivity index (χ0) is 18.5. The van der Waals surface area contributed by atoms with Gasteiger partial charge in [0.2, 0.25) is 0 Å². The van der Waals surface area contributed by atoms with Crippen molar-refractivity contribution >= 4 is 0 Å². The van der Waals surface area contributed by atoms with Crippen molar-refractivity contribution < 1.29 is 4.74 Å². The molecule has 2 N–H and O–H groups in total. The summed E-state index contributed by atoms with van der Waals surface area (Å²) in [5.74, 6) is 0.861. The molecule has 1 aromatic heterocycles. The molecule has 1 aliphatic rings. The third-order valence-electron chi connectivity index (χ3n) is 5.05. The number of ether oxygens (including phenoxy) is 1. The van der Waals surface area contributed by atoms with Crippen molar-refractivity contribution in [3.8, 4) is 11.4 Å². The molecular weight excluding hydrogens is 339 g/mol. The molecule has 0 saturated carbocycles. The molecular formula is C20H24N6O. The van der Waals surface area contributed by atoms with E-state index in [1.807, 2.05) is 12.1 Å². The lowest BCUT2D eigenvalue weighted by Gasteiger charge is -2.34. The van der Waals surface area contributed by atoms with Crippen LogP contribution in [0.2, 0.25) is 0 Å². The van der Waals surface area contributed by atoms with Gasteiger partial charge >= 0.3 is 0 Å². The van der Waals surface area contributed by atoms with Crippen molar-refractivity contribution in [1.82, 2.24) is 30.8 Å². The van der Waals surface area contributed by atoms with Gasteiger partial charge in [-0.25, -0.2) is 4.68 Å². The van der Waals surface area contributed by atoms with Crippen LogP contribution in [0.15, 0.2) is 54.9 Å². The number of nitrogens with one attached hydrogen (secondary N) is 2. The number of benzene rings is 2. The number of rotatable bonds is 6. The number of hydrogen-bond acceptors (Lipinski definition) is 6. The molecule has 0 spiro atoms. The fraction of sp³-hybridized carbons (Fsp3) is 0.350. The minimum atomic E-state index is 0.314. The number of methoxy groups -OCH3 is 1. The Morgan fingerprint density at radius 1 is 1.22 bits per heavy atom. The second kappa shape index (κ2) is 8.28. The Hall–Kier alpha value is -2.77. The van der Waals surface area contributed by atoms with Crippen molar-refractivity contribution in [2.45, 2.75) is 31.5 Å². The average Bonchev–Trinajstić information content (AvgIpc) is 3.28. The minimum Gasteiger partial charge on any atom is -0.496 e. The van der Waals surface area contributed by atoms with E-state index in [0.29, 0.717) is 12.1 Å². The molecule has 7 nitrogen and oxygen atoms in total. The lowest BCUT2D eigenvalue weighted by molar-refractivity contribution is 0.303. The summed E-state index contributed by atoms with van der Waals surface area (Å²) in [5.41, 5.74) is 3.32. The molecule has 1 aliphatic heterocycles. The summed E-state index contributed by atoms with van der Waals surface area (Å²) in [7, 11) is 1.70. The van der Waals surface area contributed by atoms with Crippen LogP contribution in [0.5, 0.6) is 5.75 Å². The Morgan fingerprint density at radius 3 is 2.89 bits per heavy atom. The average molecular weight is 363 g/mol. The van der Waals surface area contributed by atoms with Gasteiger partial charge in [-0.15, -0.1) is 5.10 Å². The molecule has 2 aromatic carbocycles.